The van der Waals surface area contributed by atoms with Crippen LogP contribution in [0, 0.1) is 0 Å². The molecule has 0 spiro atoms. The zero-order chi connectivity index (χ0) is 11.4. The second-order valence-electron chi connectivity index (χ2n) is 6.59. The predicted molar refractivity (Wildman–Crippen MR) is 66.8 cm³/mol. The minimum absolute atomic E-state index is 0.459. The third-order valence-electron chi connectivity index (χ3n) is 5.52. The van der Waals surface area contributed by atoms with Crippen molar-refractivity contribution in [3.05, 3.63) is 0 Å². The molecule has 3 nitrogen and oxygen atoms in total. The zero-order valence-electron chi connectivity index (χ0n) is 10.6. The van der Waals surface area contributed by atoms with Crippen molar-refractivity contribution in [2.75, 3.05) is 0 Å². The normalized spacial score (nSPS) is 54.2. The maximum atomic E-state index is 6.20. The Morgan fingerprint density at radius 2 is 1.71 bits per heavy atom. The van der Waals surface area contributed by atoms with Crippen molar-refractivity contribution in [2.45, 2.75) is 87.7 Å². The molecular weight excluding hydrogens is 212 g/mol. The van der Waals surface area contributed by atoms with Crippen molar-refractivity contribution in [1.29, 1.82) is 0 Å². The average Bonchev–Trinajstić information content (AvgIpc) is 2.89. The number of piperidine rings is 2. The lowest BCUT2D eigenvalue weighted by molar-refractivity contribution is -0.0295. The van der Waals surface area contributed by atoms with E-state index in [4.69, 9.17) is 10.5 Å². The number of fused-ring (bicyclic) bond motifs is 4. The molecule has 4 fully saturated rings. The van der Waals surface area contributed by atoms with Crippen LogP contribution in [0.25, 0.3) is 0 Å². The summed E-state index contributed by atoms with van der Waals surface area (Å²) in [5.41, 5.74) is 6.20. The van der Waals surface area contributed by atoms with Crippen LogP contribution < -0.4 is 5.73 Å². The van der Waals surface area contributed by atoms with Crippen LogP contribution in [0.4, 0.5) is 0 Å². The first kappa shape index (κ1) is 10.8. The van der Waals surface area contributed by atoms with E-state index in [2.05, 4.69) is 4.90 Å². The standard InChI is InChI=1S/C14H24N2O/c15-9-6-10-2-1-3-11(7-9)16(10)13-8-12-4-5-14(13)17-12/h9-14H,1-8,15H2. The summed E-state index contributed by atoms with van der Waals surface area (Å²) >= 11 is 0. The van der Waals surface area contributed by atoms with Crippen molar-refractivity contribution in [1.82, 2.24) is 4.90 Å². The second-order valence-corrected chi connectivity index (χ2v) is 6.59. The molecule has 2 N–H and O–H groups in total. The van der Waals surface area contributed by atoms with E-state index in [0.29, 0.717) is 18.2 Å². The largest absolute Gasteiger partial charge is 0.373 e. The molecule has 5 atom stereocenters. The molecule has 5 unspecified atom stereocenters. The van der Waals surface area contributed by atoms with E-state index < -0.39 is 0 Å². The van der Waals surface area contributed by atoms with Crippen molar-refractivity contribution in [2.24, 2.45) is 5.73 Å². The first-order chi connectivity index (χ1) is 8.31. The van der Waals surface area contributed by atoms with E-state index in [-0.39, 0.29) is 0 Å². The summed E-state index contributed by atoms with van der Waals surface area (Å²) in [7, 11) is 0. The minimum atomic E-state index is 0.459. The molecule has 0 aromatic rings. The maximum absolute atomic E-state index is 6.20. The number of hydrogen-bond donors (Lipinski definition) is 1. The van der Waals surface area contributed by atoms with Gasteiger partial charge in [-0.05, 0) is 44.9 Å². The molecular formula is C14H24N2O. The fourth-order valence-corrected chi connectivity index (χ4v) is 4.93. The Kier molecular flexibility index (Phi) is 2.50. The summed E-state index contributed by atoms with van der Waals surface area (Å²) in [6, 6.07) is 2.73. The highest BCUT2D eigenvalue weighted by molar-refractivity contribution is 5.03. The van der Waals surface area contributed by atoms with Crippen LogP contribution in [0.5, 0.6) is 0 Å². The Labute approximate surface area is 104 Å². The zero-order valence-corrected chi connectivity index (χ0v) is 10.6. The van der Waals surface area contributed by atoms with E-state index in [0.717, 1.165) is 18.1 Å². The Hall–Kier alpha value is -0.120. The van der Waals surface area contributed by atoms with Crippen LogP contribution in [-0.2, 0) is 4.74 Å². The van der Waals surface area contributed by atoms with Gasteiger partial charge in [0.1, 0.15) is 0 Å². The minimum Gasteiger partial charge on any atom is -0.373 e. The summed E-state index contributed by atoms with van der Waals surface area (Å²) in [6.07, 6.45) is 11.7. The number of nitrogens with zero attached hydrogens (tertiary/aromatic N) is 1. The van der Waals surface area contributed by atoms with E-state index >= 15 is 0 Å². The van der Waals surface area contributed by atoms with E-state index in [1.165, 1.54) is 51.4 Å². The van der Waals surface area contributed by atoms with Gasteiger partial charge in [0.15, 0.2) is 0 Å². The lowest BCUT2D eigenvalue weighted by atomic mass is 9.79. The fraction of sp³-hybridized carbons (Fsp3) is 1.00. The van der Waals surface area contributed by atoms with Gasteiger partial charge in [-0.1, -0.05) is 6.42 Å². The molecule has 0 aliphatic carbocycles. The molecule has 4 aliphatic heterocycles. The molecule has 0 aromatic carbocycles. The molecule has 17 heavy (non-hydrogen) atoms. The summed E-state index contributed by atoms with van der Waals surface area (Å²) < 4.78 is 6.06. The van der Waals surface area contributed by atoms with E-state index in [1.54, 1.807) is 0 Å². The van der Waals surface area contributed by atoms with Gasteiger partial charge in [-0.25, -0.2) is 0 Å². The maximum Gasteiger partial charge on any atom is 0.0736 e. The highest BCUT2D eigenvalue weighted by Gasteiger charge is 2.49. The van der Waals surface area contributed by atoms with Crippen molar-refractivity contribution in [3.63, 3.8) is 0 Å². The third-order valence-corrected chi connectivity index (χ3v) is 5.52. The molecule has 4 rings (SSSR count). The lowest BCUT2D eigenvalue weighted by Gasteiger charge is -2.52. The monoisotopic (exact) mass is 236 g/mol. The molecule has 0 saturated carbocycles. The third kappa shape index (κ3) is 1.66. The highest BCUT2D eigenvalue weighted by Crippen LogP contribution is 2.43. The van der Waals surface area contributed by atoms with Gasteiger partial charge in [-0.3, -0.25) is 4.90 Å². The van der Waals surface area contributed by atoms with E-state index in [9.17, 15) is 0 Å². The Balaban J connectivity index is 1.56. The first-order valence-corrected chi connectivity index (χ1v) is 7.50. The van der Waals surface area contributed by atoms with Crippen LogP contribution in [0.3, 0.4) is 0 Å². The number of rotatable bonds is 1. The van der Waals surface area contributed by atoms with Gasteiger partial charge >= 0.3 is 0 Å². The fourth-order valence-electron chi connectivity index (χ4n) is 4.93. The highest BCUT2D eigenvalue weighted by atomic mass is 16.5. The number of hydrogen-bond acceptors (Lipinski definition) is 3. The van der Waals surface area contributed by atoms with Crippen LogP contribution in [0.15, 0.2) is 0 Å². The summed E-state index contributed by atoms with van der Waals surface area (Å²) in [4.78, 5) is 2.84. The summed E-state index contributed by atoms with van der Waals surface area (Å²) in [5, 5.41) is 0. The first-order valence-electron chi connectivity index (χ1n) is 7.50. The van der Waals surface area contributed by atoms with Crippen LogP contribution in [0.1, 0.15) is 51.4 Å². The molecule has 96 valence electrons. The van der Waals surface area contributed by atoms with Gasteiger partial charge < -0.3 is 10.5 Å². The number of nitrogens with two attached hydrogens (primary N) is 1. The summed E-state index contributed by atoms with van der Waals surface area (Å²) in [6.45, 7) is 0. The molecule has 4 bridgehead atoms. The lowest BCUT2D eigenvalue weighted by Crippen LogP contribution is -2.60. The second kappa shape index (κ2) is 3.94. The van der Waals surface area contributed by atoms with Crippen LogP contribution >= 0.6 is 0 Å². The Bertz CT molecular complexity index is 295. The molecule has 4 heterocycles. The number of ether oxygens (including phenoxy) is 1. The molecule has 0 amide bonds. The quantitative estimate of drug-likeness (QED) is 0.752. The van der Waals surface area contributed by atoms with Crippen molar-refractivity contribution >= 4 is 0 Å². The van der Waals surface area contributed by atoms with Gasteiger partial charge in [0, 0.05) is 24.2 Å². The molecule has 3 heteroatoms. The smallest absolute Gasteiger partial charge is 0.0736 e. The topological polar surface area (TPSA) is 38.5 Å². The SMILES string of the molecule is NC1CC2CCCC(C1)N2C1CC2CCC1O2. The van der Waals surface area contributed by atoms with Crippen molar-refractivity contribution < 1.29 is 4.74 Å². The van der Waals surface area contributed by atoms with Gasteiger partial charge in [0.25, 0.3) is 0 Å². The summed E-state index contributed by atoms with van der Waals surface area (Å²) in [5.74, 6) is 0. The molecule has 0 aromatic heterocycles. The molecule has 0 radical (unpaired) electrons. The van der Waals surface area contributed by atoms with Crippen LogP contribution in [-0.4, -0.2) is 41.3 Å². The Morgan fingerprint density at radius 3 is 2.29 bits per heavy atom. The van der Waals surface area contributed by atoms with Crippen LogP contribution in [0.2, 0.25) is 0 Å². The van der Waals surface area contributed by atoms with Gasteiger partial charge in [-0.2, -0.15) is 0 Å². The van der Waals surface area contributed by atoms with Gasteiger partial charge in [0.2, 0.25) is 0 Å². The average molecular weight is 236 g/mol. The van der Waals surface area contributed by atoms with E-state index in [1.807, 2.05) is 0 Å². The molecule has 4 aliphatic rings. The van der Waals surface area contributed by atoms with Gasteiger partial charge in [0.05, 0.1) is 12.2 Å². The molecule has 4 saturated heterocycles. The van der Waals surface area contributed by atoms with Crippen molar-refractivity contribution in [3.8, 4) is 0 Å². The van der Waals surface area contributed by atoms with Gasteiger partial charge in [-0.15, -0.1) is 0 Å². The predicted octanol–water partition coefficient (Wildman–Crippen LogP) is 1.65. The Morgan fingerprint density at radius 1 is 0.941 bits per heavy atom.